The maximum absolute atomic E-state index is 5.40. The molecule has 0 spiro atoms. The number of nitrogens with two attached hydrogens (primary N) is 1. The summed E-state index contributed by atoms with van der Waals surface area (Å²) in [5.41, 5.74) is 4.26. The maximum Gasteiger partial charge on any atom is 0.185 e. The summed E-state index contributed by atoms with van der Waals surface area (Å²) in [5.74, 6) is 6.08. The molecule has 0 saturated carbocycles. The summed E-state index contributed by atoms with van der Waals surface area (Å²) in [6.45, 7) is 1.85. The lowest BCUT2D eigenvalue weighted by Crippen LogP contribution is -2.34. The molecule has 1 rings (SSSR count). The van der Waals surface area contributed by atoms with Crippen molar-refractivity contribution < 1.29 is 4.74 Å². The van der Waals surface area contributed by atoms with Gasteiger partial charge in [0.15, 0.2) is 5.11 Å². The van der Waals surface area contributed by atoms with Crippen molar-refractivity contribution in [1.82, 2.24) is 10.3 Å². The summed E-state index contributed by atoms with van der Waals surface area (Å²) in [5, 5.41) is 3.38. The number of hydrogen-bond acceptors (Lipinski definition) is 5. The number of ether oxygens (including phenoxy) is 1. The Kier molecular flexibility index (Phi) is 6.50. The monoisotopic (exact) mass is 297 g/mol. The van der Waals surface area contributed by atoms with Crippen LogP contribution in [-0.2, 0) is 0 Å². The highest BCUT2D eigenvalue weighted by Gasteiger charge is 2.10. The molecule has 6 nitrogen and oxygen atoms in total. The fourth-order valence-corrected chi connectivity index (χ4v) is 1.82. The molecule has 0 atom stereocenters. The van der Waals surface area contributed by atoms with Crippen LogP contribution >= 0.6 is 12.2 Å². The van der Waals surface area contributed by atoms with E-state index in [2.05, 4.69) is 34.6 Å². The van der Waals surface area contributed by atoms with E-state index in [9.17, 15) is 0 Å². The van der Waals surface area contributed by atoms with Gasteiger partial charge in [-0.2, -0.15) is 0 Å². The maximum atomic E-state index is 5.40. The number of nitrogens with zero attached hydrogens (tertiary/aromatic N) is 2. The lowest BCUT2D eigenvalue weighted by molar-refractivity contribution is 0.406. The van der Waals surface area contributed by atoms with Gasteiger partial charge in [-0.05, 0) is 44.5 Å². The first-order chi connectivity index (χ1) is 9.47. The van der Waals surface area contributed by atoms with Crippen LogP contribution in [-0.4, -0.2) is 51.4 Å². The highest BCUT2D eigenvalue weighted by atomic mass is 32.1. The molecule has 112 valence electrons. The Morgan fingerprint density at radius 1 is 1.30 bits per heavy atom. The van der Waals surface area contributed by atoms with Crippen LogP contribution in [0.4, 0.5) is 11.4 Å². The van der Waals surface area contributed by atoms with E-state index in [4.69, 9.17) is 22.8 Å². The molecule has 0 saturated heterocycles. The van der Waals surface area contributed by atoms with E-state index in [0.717, 1.165) is 30.2 Å². The molecule has 0 aliphatic carbocycles. The van der Waals surface area contributed by atoms with Crippen molar-refractivity contribution in [1.29, 1.82) is 0 Å². The molecular formula is C13H23N5OS. The molecule has 0 bridgehead atoms. The second-order valence-corrected chi connectivity index (χ2v) is 5.12. The van der Waals surface area contributed by atoms with E-state index in [1.165, 1.54) is 0 Å². The molecule has 0 radical (unpaired) electrons. The van der Waals surface area contributed by atoms with Crippen molar-refractivity contribution in [2.24, 2.45) is 5.84 Å². The molecule has 1 aromatic carbocycles. The van der Waals surface area contributed by atoms with Gasteiger partial charge in [-0.1, -0.05) is 0 Å². The molecule has 0 aromatic heterocycles. The fraction of sp³-hybridized carbons (Fsp3) is 0.462. The first-order valence-corrected chi connectivity index (χ1v) is 6.70. The molecule has 0 heterocycles. The van der Waals surface area contributed by atoms with E-state index < -0.39 is 0 Å². The standard InChI is InChI=1S/C13H23N5OS/c1-17(2)7-8-18(3)11-9-10(15-13(20)16-14)5-6-12(11)19-4/h5-6,9H,7-8,14H2,1-4H3,(H2,15,16,20). The summed E-state index contributed by atoms with van der Waals surface area (Å²) < 4.78 is 5.40. The minimum atomic E-state index is 0.372. The van der Waals surface area contributed by atoms with Crippen molar-refractivity contribution >= 4 is 28.7 Å². The molecule has 0 amide bonds. The third-order valence-corrected chi connectivity index (χ3v) is 3.08. The van der Waals surface area contributed by atoms with Gasteiger partial charge in [0.05, 0.1) is 12.8 Å². The first kappa shape index (κ1) is 16.5. The molecule has 0 fully saturated rings. The SMILES string of the molecule is COc1ccc(NC(=S)NN)cc1N(C)CCN(C)C. The molecule has 7 heteroatoms. The van der Waals surface area contributed by atoms with E-state index in [1.54, 1.807) is 7.11 Å². The summed E-state index contributed by atoms with van der Waals surface area (Å²) in [7, 11) is 7.80. The van der Waals surface area contributed by atoms with E-state index in [0.29, 0.717) is 5.11 Å². The normalized spacial score (nSPS) is 10.3. The van der Waals surface area contributed by atoms with Crippen molar-refractivity contribution in [3.63, 3.8) is 0 Å². The Morgan fingerprint density at radius 2 is 2.00 bits per heavy atom. The highest BCUT2D eigenvalue weighted by molar-refractivity contribution is 7.80. The van der Waals surface area contributed by atoms with E-state index in [-0.39, 0.29) is 0 Å². The third kappa shape index (κ3) is 4.84. The zero-order valence-electron chi connectivity index (χ0n) is 12.4. The summed E-state index contributed by atoms with van der Waals surface area (Å²) in [6, 6.07) is 5.78. The zero-order chi connectivity index (χ0) is 15.1. The quantitative estimate of drug-likeness (QED) is 0.409. The van der Waals surface area contributed by atoms with Crippen LogP contribution in [0.25, 0.3) is 0 Å². The number of hydrazine groups is 1. The van der Waals surface area contributed by atoms with Gasteiger partial charge in [0.25, 0.3) is 0 Å². The van der Waals surface area contributed by atoms with Gasteiger partial charge in [0, 0.05) is 25.8 Å². The number of methoxy groups -OCH3 is 1. The molecule has 1 aromatic rings. The van der Waals surface area contributed by atoms with Crippen LogP contribution in [0.3, 0.4) is 0 Å². The third-order valence-electron chi connectivity index (χ3n) is 2.86. The minimum absolute atomic E-state index is 0.372. The van der Waals surface area contributed by atoms with Gasteiger partial charge >= 0.3 is 0 Å². The summed E-state index contributed by atoms with van der Waals surface area (Å²) in [4.78, 5) is 4.28. The predicted molar refractivity (Wildman–Crippen MR) is 88.4 cm³/mol. The van der Waals surface area contributed by atoms with Crippen molar-refractivity contribution in [3.8, 4) is 5.75 Å². The smallest absolute Gasteiger partial charge is 0.185 e. The number of hydrogen-bond donors (Lipinski definition) is 3. The van der Waals surface area contributed by atoms with Gasteiger partial charge in [0.1, 0.15) is 5.75 Å². The minimum Gasteiger partial charge on any atom is -0.495 e. The highest BCUT2D eigenvalue weighted by Crippen LogP contribution is 2.30. The largest absolute Gasteiger partial charge is 0.495 e. The fourth-order valence-electron chi connectivity index (χ4n) is 1.70. The van der Waals surface area contributed by atoms with E-state index >= 15 is 0 Å². The van der Waals surface area contributed by atoms with E-state index in [1.807, 2.05) is 25.2 Å². The van der Waals surface area contributed by atoms with Gasteiger partial charge in [0.2, 0.25) is 0 Å². The number of anilines is 2. The molecule has 0 unspecified atom stereocenters. The lowest BCUT2D eigenvalue weighted by atomic mass is 10.2. The Labute approximate surface area is 125 Å². The molecular weight excluding hydrogens is 274 g/mol. The Morgan fingerprint density at radius 3 is 2.55 bits per heavy atom. The van der Waals surface area contributed by atoms with Crippen molar-refractivity contribution in [2.45, 2.75) is 0 Å². The topological polar surface area (TPSA) is 65.8 Å². The molecule has 0 aliphatic heterocycles. The molecule has 0 aliphatic rings. The second kappa shape index (κ2) is 7.88. The van der Waals surface area contributed by atoms with Gasteiger partial charge < -0.3 is 25.3 Å². The van der Waals surface area contributed by atoms with Crippen LogP contribution in [0.1, 0.15) is 0 Å². The van der Waals surface area contributed by atoms with Crippen LogP contribution in [0, 0.1) is 0 Å². The van der Waals surface area contributed by atoms with Crippen molar-refractivity contribution in [3.05, 3.63) is 18.2 Å². The van der Waals surface area contributed by atoms with Gasteiger partial charge in [-0.25, -0.2) is 5.84 Å². The Hall–Kier alpha value is -1.57. The van der Waals surface area contributed by atoms with Crippen LogP contribution < -0.4 is 26.2 Å². The Balaban J connectivity index is 2.90. The predicted octanol–water partition coefficient (Wildman–Crippen LogP) is 0.853. The lowest BCUT2D eigenvalue weighted by Gasteiger charge is -2.24. The first-order valence-electron chi connectivity index (χ1n) is 6.29. The van der Waals surface area contributed by atoms with Gasteiger partial charge in [-0.15, -0.1) is 0 Å². The van der Waals surface area contributed by atoms with Crippen LogP contribution in [0.15, 0.2) is 18.2 Å². The summed E-state index contributed by atoms with van der Waals surface area (Å²) in [6.07, 6.45) is 0. The van der Waals surface area contributed by atoms with Crippen LogP contribution in [0.2, 0.25) is 0 Å². The average molecular weight is 297 g/mol. The van der Waals surface area contributed by atoms with Crippen molar-refractivity contribution in [2.75, 3.05) is 51.6 Å². The average Bonchev–Trinajstić information content (AvgIpc) is 2.44. The summed E-state index contributed by atoms with van der Waals surface area (Å²) >= 11 is 4.99. The number of thiocarbonyl (C=S) groups is 1. The Bertz CT molecular complexity index is 452. The number of benzene rings is 1. The number of nitrogens with one attached hydrogen (secondary N) is 2. The molecule has 4 N–H and O–H groups in total. The number of rotatable bonds is 6. The molecule has 20 heavy (non-hydrogen) atoms. The zero-order valence-corrected chi connectivity index (χ0v) is 13.3. The van der Waals surface area contributed by atoms with Gasteiger partial charge in [-0.3, -0.25) is 0 Å². The number of likely N-dealkylation sites (N-methyl/N-ethyl adjacent to an activating group) is 2. The van der Waals surface area contributed by atoms with Crippen LogP contribution in [0.5, 0.6) is 5.75 Å². The second-order valence-electron chi connectivity index (χ2n) is 4.71.